The Kier molecular flexibility index (Phi) is 2.59. The molecular formula is C8H10BN5O2. The van der Waals surface area contributed by atoms with E-state index in [1.54, 1.807) is 24.1 Å². The van der Waals surface area contributed by atoms with Crippen LogP contribution in [0.1, 0.15) is 0 Å². The maximum Gasteiger partial charge on any atom is 0.509 e. The molecule has 0 unspecified atom stereocenters. The monoisotopic (exact) mass is 219 g/mol. The van der Waals surface area contributed by atoms with Gasteiger partial charge in [0.25, 0.3) is 0 Å². The highest BCUT2D eigenvalue weighted by atomic mass is 16.4. The minimum absolute atomic E-state index is 0.0491. The Morgan fingerprint density at radius 2 is 2.12 bits per heavy atom. The smallest absolute Gasteiger partial charge is 0.422 e. The van der Waals surface area contributed by atoms with Gasteiger partial charge in [0.1, 0.15) is 11.5 Å². The van der Waals surface area contributed by atoms with Crippen molar-refractivity contribution >= 4 is 18.5 Å². The highest BCUT2D eigenvalue weighted by Crippen LogP contribution is 2.19. The quantitative estimate of drug-likeness (QED) is 0.511. The molecule has 16 heavy (non-hydrogen) atoms. The van der Waals surface area contributed by atoms with Gasteiger partial charge in [0.05, 0.1) is 11.8 Å². The van der Waals surface area contributed by atoms with Crippen molar-refractivity contribution in [3.63, 3.8) is 0 Å². The molecule has 7 nitrogen and oxygen atoms in total. The molecule has 2 heterocycles. The normalized spacial score (nSPS) is 10.4. The molecule has 0 aliphatic rings. The fourth-order valence-electron chi connectivity index (χ4n) is 1.29. The lowest BCUT2D eigenvalue weighted by Gasteiger charge is -2.04. The van der Waals surface area contributed by atoms with Crippen molar-refractivity contribution in [3.8, 4) is 11.3 Å². The number of aryl methyl sites for hydroxylation is 1. The summed E-state index contributed by atoms with van der Waals surface area (Å²) in [6.07, 6.45) is 4.52. The molecule has 4 N–H and O–H groups in total. The highest BCUT2D eigenvalue weighted by Gasteiger charge is 2.17. The number of hydrogen-bond donors (Lipinski definition) is 3. The molecule has 0 spiro atoms. The van der Waals surface area contributed by atoms with Crippen molar-refractivity contribution in [2.45, 2.75) is 0 Å². The standard InChI is InChI=1S/C8H10BN5O2/c1-14-4-5(2-12-14)7-8(10)11-3-6(13-7)9(15)16/h2-4,15-16H,1H3,(H2,10,11). The van der Waals surface area contributed by atoms with Crippen LogP contribution in [0.2, 0.25) is 0 Å². The molecule has 0 bridgehead atoms. The van der Waals surface area contributed by atoms with Gasteiger partial charge in [-0.1, -0.05) is 0 Å². The molecule has 0 atom stereocenters. The molecule has 82 valence electrons. The van der Waals surface area contributed by atoms with Gasteiger partial charge in [-0.05, 0) is 0 Å². The van der Waals surface area contributed by atoms with Crippen LogP contribution in [0.3, 0.4) is 0 Å². The van der Waals surface area contributed by atoms with E-state index < -0.39 is 7.12 Å². The van der Waals surface area contributed by atoms with Crippen LogP contribution in [0.5, 0.6) is 0 Å². The summed E-state index contributed by atoms with van der Waals surface area (Å²) < 4.78 is 1.60. The van der Waals surface area contributed by atoms with Crippen molar-refractivity contribution in [2.75, 3.05) is 5.73 Å². The summed E-state index contributed by atoms with van der Waals surface area (Å²) in [5, 5.41) is 21.9. The molecule has 2 rings (SSSR count). The number of aromatic nitrogens is 4. The van der Waals surface area contributed by atoms with Gasteiger partial charge in [-0.25, -0.2) is 4.98 Å². The van der Waals surface area contributed by atoms with Gasteiger partial charge in [-0.15, -0.1) is 0 Å². The Hall–Kier alpha value is -1.93. The molecule has 8 heteroatoms. The lowest BCUT2D eigenvalue weighted by Crippen LogP contribution is -2.33. The van der Waals surface area contributed by atoms with Gasteiger partial charge in [-0.3, -0.25) is 9.67 Å². The summed E-state index contributed by atoms with van der Waals surface area (Å²) in [4.78, 5) is 7.86. The van der Waals surface area contributed by atoms with Crippen LogP contribution in [-0.4, -0.2) is 36.9 Å². The Bertz CT molecular complexity index is 513. The highest BCUT2D eigenvalue weighted by molar-refractivity contribution is 6.57. The van der Waals surface area contributed by atoms with Crippen LogP contribution in [0.25, 0.3) is 11.3 Å². The van der Waals surface area contributed by atoms with Crippen LogP contribution < -0.4 is 11.3 Å². The fraction of sp³-hybridized carbons (Fsp3) is 0.125. The van der Waals surface area contributed by atoms with Gasteiger partial charge in [0.2, 0.25) is 0 Å². The van der Waals surface area contributed by atoms with Crippen molar-refractivity contribution in [3.05, 3.63) is 18.6 Å². The van der Waals surface area contributed by atoms with Crippen LogP contribution in [0.15, 0.2) is 18.6 Å². The third-order valence-corrected chi connectivity index (χ3v) is 2.06. The first-order chi connectivity index (χ1) is 7.58. The first-order valence-corrected chi connectivity index (χ1v) is 4.55. The summed E-state index contributed by atoms with van der Waals surface area (Å²) >= 11 is 0. The molecule has 0 radical (unpaired) electrons. The van der Waals surface area contributed by atoms with E-state index in [0.29, 0.717) is 11.3 Å². The van der Waals surface area contributed by atoms with Gasteiger partial charge < -0.3 is 15.8 Å². The first kappa shape index (κ1) is 10.6. The summed E-state index contributed by atoms with van der Waals surface area (Å²) in [5.74, 6) is 0.220. The molecule has 0 saturated carbocycles. The lowest BCUT2D eigenvalue weighted by molar-refractivity contribution is 0.424. The molecular weight excluding hydrogens is 209 g/mol. The van der Waals surface area contributed by atoms with Crippen molar-refractivity contribution < 1.29 is 10.0 Å². The van der Waals surface area contributed by atoms with Crippen LogP contribution in [0.4, 0.5) is 5.82 Å². The van der Waals surface area contributed by atoms with E-state index in [1.807, 2.05) is 0 Å². The SMILES string of the molecule is Cn1cc(-c2nc(B(O)O)cnc2N)cn1. The predicted octanol–water partition coefficient (Wildman–Crippen LogP) is -1.86. The third kappa shape index (κ3) is 1.88. The van der Waals surface area contributed by atoms with Crippen molar-refractivity contribution in [1.82, 2.24) is 19.7 Å². The van der Waals surface area contributed by atoms with E-state index >= 15 is 0 Å². The Morgan fingerprint density at radius 3 is 2.69 bits per heavy atom. The molecule has 0 saturated heterocycles. The number of nitrogen functional groups attached to an aromatic ring is 1. The zero-order valence-corrected chi connectivity index (χ0v) is 8.57. The number of nitrogens with zero attached hydrogens (tertiary/aromatic N) is 4. The molecule has 0 aliphatic carbocycles. The van der Waals surface area contributed by atoms with E-state index in [0.717, 1.165) is 0 Å². The molecule has 0 amide bonds. The fourth-order valence-corrected chi connectivity index (χ4v) is 1.29. The minimum Gasteiger partial charge on any atom is -0.422 e. The molecule has 2 aromatic rings. The molecule has 0 fully saturated rings. The van der Waals surface area contributed by atoms with Gasteiger partial charge >= 0.3 is 7.12 Å². The van der Waals surface area contributed by atoms with Gasteiger partial charge in [0.15, 0.2) is 0 Å². The molecule has 0 aliphatic heterocycles. The zero-order valence-electron chi connectivity index (χ0n) is 8.57. The Balaban J connectivity index is 2.51. The third-order valence-electron chi connectivity index (χ3n) is 2.06. The molecule has 0 aromatic carbocycles. The summed E-state index contributed by atoms with van der Waals surface area (Å²) in [5.41, 5.74) is 6.77. The lowest BCUT2D eigenvalue weighted by atomic mass is 9.86. The van der Waals surface area contributed by atoms with Crippen molar-refractivity contribution in [1.29, 1.82) is 0 Å². The topological polar surface area (TPSA) is 110 Å². The first-order valence-electron chi connectivity index (χ1n) is 4.55. The number of nitrogens with two attached hydrogens (primary N) is 1. The predicted molar refractivity (Wildman–Crippen MR) is 58.5 cm³/mol. The van der Waals surface area contributed by atoms with Gasteiger partial charge in [-0.2, -0.15) is 5.10 Å². The van der Waals surface area contributed by atoms with E-state index in [-0.39, 0.29) is 11.4 Å². The van der Waals surface area contributed by atoms with E-state index in [4.69, 9.17) is 15.8 Å². The van der Waals surface area contributed by atoms with E-state index in [9.17, 15) is 0 Å². The number of hydrogen-bond acceptors (Lipinski definition) is 6. The van der Waals surface area contributed by atoms with Crippen LogP contribution in [-0.2, 0) is 7.05 Å². The van der Waals surface area contributed by atoms with Crippen molar-refractivity contribution in [2.24, 2.45) is 7.05 Å². The largest absolute Gasteiger partial charge is 0.509 e. The zero-order chi connectivity index (χ0) is 11.7. The Labute approximate surface area is 91.7 Å². The minimum atomic E-state index is -1.66. The maximum atomic E-state index is 8.98. The summed E-state index contributed by atoms with van der Waals surface area (Å²) in [6.45, 7) is 0. The average Bonchev–Trinajstić information content (AvgIpc) is 2.65. The average molecular weight is 219 g/mol. The van der Waals surface area contributed by atoms with E-state index in [1.165, 1.54) is 6.20 Å². The number of anilines is 1. The van der Waals surface area contributed by atoms with Crippen LogP contribution >= 0.6 is 0 Å². The second-order valence-corrected chi connectivity index (χ2v) is 3.31. The number of rotatable bonds is 2. The van der Waals surface area contributed by atoms with Crippen LogP contribution in [0, 0.1) is 0 Å². The Morgan fingerprint density at radius 1 is 1.38 bits per heavy atom. The molecule has 2 aromatic heterocycles. The maximum absolute atomic E-state index is 8.98. The van der Waals surface area contributed by atoms with E-state index in [2.05, 4.69) is 15.1 Å². The second-order valence-electron chi connectivity index (χ2n) is 3.31. The second kappa shape index (κ2) is 3.91. The summed E-state index contributed by atoms with van der Waals surface area (Å²) in [6, 6.07) is 0. The summed E-state index contributed by atoms with van der Waals surface area (Å²) in [7, 11) is 0.0984. The van der Waals surface area contributed by atoms with Gasteiger partial charge in [0, 0.05) is 25.0 Å².